The van der Waals surface area contributed by atoms with Gasteiger partial charge in [-0.1, -0.05) is 158 Å². The Labute approximate surface area is 322 Å². The molecule has 0 bridgehead atoms. The molecule has 0 aliphatic carbocycles. The lowest BCUT2D eigenvalue weighted by Gasteiger charge is -2.11. The number of hydrogen-bond donors (Lipinski definition) is 0. The molecule has 11 aromatic rings. The summed E-state index contributed by atoms with van der Waals surface area (Å²) in [6.07, 6.45) is 0. The minimum atomic E-state index is 0.589. The van der Waals surface area contributed by atoms with Crippen LogP contribution in [0, 0.1) is 0 Å². The molecule has 0 saturated heterocycles. The van der Waals surface area contributed by atoms with Crippen LogP contribution in [0.1, 0.15) is 0 Å². The SMILES string of the molecule is c1ccc(-c2ccc(-c3ccc(-c4nc(-c5ccc6c7ccccc7n(-c7ccccc7)c6c5)nc(-c5cccc6oc7ccccc7c56)n4)cc3)cc2)cc1. The van der Waals surface area contributed by atoms with Crippen LogP contribution in [0.2, 0.25) is 0 Å². The van der Waals surface area contributed by atoms with Crippen LogP contribution in [-0.2, 0) is 0 Å². The van der Waals surface area contributed by atoms with E-state index in [1.165, 1.54) is 21.9 Å². The minimum Gasteiger partial charge on any atom is -0.456 e. The molecular formula is C51H32N4O. The largest absolute Gasteiger partial charge is 0.456 e. The molecule has 0 aliphatic rings. The lowest BCUT2D eigenvalue weighted by Crippen LogP contribution is -2.01. The Bertz CT molecular complexity index is 3220. The number of furan rings is 1. The zero-order chi connectivity index (χ0) is 37.0. The van der Waals surface area contributed by atoms with Crippen molar-refractivity contribution in [2.75, 3.05) is 0 Å². The molecule has 0 amide bonds. The van der Waals surface area contributed by atoms with Crippen LogP contribution in [0.3, 0.4) is 0 Å². The second-order valence-corrected chi connectivity index (χ2v) is 14.0. The van der Waals surface area contributed by atoms with E-state index in [1.807, 2.05) is 36.4 Å². The fourth-order valence-corrected chi connectivity index (χ4v) is 7.98. The van der Waals surface area contributed by atoms with Gasteiger partial charge in [0.1, 0.15) is 11.2 Å². The molecule has 5 heteroatoms. The maximum absolute atomic E-state index is 6.29. The van der Waals surface area contributed by atoms with Crippen LogP contribution < -0.4 is 0 Å². The standard InChI is InChI=1S/C51H32N4O/c1-3-12-33(13-4-1)34-22-24-35(25-23-34)36-26-28-37(29-27-36)49-52-50(54-51(53-49)43-18-11-21-47-48(43)42-17-8-10-20-46(42)56-47)38-30-31-41-40-16-7-9-19-44(40)55(45(41)32-38)39-14-5-2-6-15-39/h1-32H. The van der Waals surface area contributed by atoms with Gasteiger partial charge in [0.2, 0.25) is 0 Å². The smallest absolute Gasteiger partial charge is 0.164 e. The van der Waals surface area contributed by atoms with Gasteiger partial charge < -0.3 is 8.98 Å². The van der Waals surface area contributed by atoms with E-state index in [0.717, 1.165) is 66.5 Å². The summed E-state index contributed by atoms with van der Waals surface area (Å²) in [6, 6.07) is 67.5. The van der Waals surface area contributed by atoms with Crippen molar-refractivity contribution < 1.29 is 4.42 Å². The number of para-hydroxylation sites is 3. The number of fused-ring (bicyclic) bond motifs is 6. The highest BCUT2D eigenvalue weighted by atomic mass is 16.3. The van der Waals surface area contributed by atoms with Crippen molar-refractivity contribution in [3.8, 4) is 62.1 Å². The fourth-order valence-electron chi connectivity index (χ4n) is 7.98. The number of nitrogens with zero attached hydrogens (tertiary/aromatic N) is 4. The molecule has 0 fully saturated rings. The molecule has 11 rings (SSSR count). The van der Waals surface area contributed by atoms with Gasteiger partial charge in [-0.3, -0.25) is 0 Å². The average molecular weight is 717 g/mol. The van der Waals surface area contributed by atoms with Crippen molar-refractivity contribution >= 4 is 43.7 Å². The minimum absolute atomic E-state index is 0.589. The quantitative estimate of drug-likeness (QED) is 0.172. The average Bonchev–Trinajstić information content (AvgIpc) is 3.83. The number of rotatable bonds is 6. The van der Waals surface area contributed by atoms with E-state index in [9.17, 15) is 0 Å². The molecule has 0 radical (unpaired) electrons. The van der Waals surface area contributed by atoms with Gasteiger partial charge in [0.15, 0.2) is 17.5 Å². The van der Waals surface area contributed by atoms with Gasteiger partial charge in [-0.05, 0) is 58.7 Å². The molecule has 8 aromatic carbocycles. The van der Waals surface area contributed by atoms with Crippen molar-refractivity contribution in [3.05, 3.63) is 194 Å². The molecule has 262 valence electrons. The molecule has 0 atom stereocenters. The summed E-state index contributed by atoms with van der Waals surface area (Å²) >= 11 is 0. The van der Waals surface area contributed by atoms with Gasteiger partial charge in [0.25, 0.3) is 0 Å². The topological polar surface area (TPSA) is 56.7 Å². The lowest BCUT2D eigenvalue weighted by atomic mass is 9.99. The van der Waals surface area contributed by atoms with Gasteiger partial charge in [-0.25, -0.2) is 15.0 Å². The predicted molar refractivity (Wildman–Crippen MR) is 229 cm³/mol. The van der Waals surface area contributed by atoms with Gasteiger partial charge >= 0.3 is 0 Å². The molecule has 0 N–H and O–H groups in total. The zero-order valence-electron chi connectivity index (χ0n) is 30.2. The van der Waals surface area contributed by atoms with Crippen LogP contribution >= 0.6 is 0 Å². The van der Waals surface area contributed by atoms with Gasteiger partial charge in [-0.15, -0.1) is 0 Å². The Morgan fingerprint density at radius 1 is 0.339 bits per heavy atom. The Hall–Kier alpha value is -7.63. The van der Waals surface area contributed by atoms with Crippen molar-refractivity contribution in [1.29, 1.82) is 0 Å². The van der Waals surface area contributed by atoms with E-state index in [1.54, 1.807) is 0 Å². The molecule has 0 spiro atoms. The van der Waals surface area contributed by atoms with Crippen LogP contribution in [0.15, 0.2) is 199 Å². The highest BCUT2D eigenvalue weighted by molar-refractivity contribution is 6.12. The van der Waals surface area contributed by atoms with Crippen molar-refractivity contribution in [2.24, 2.45) is 0 Å². The van der Waals surface area contributed by atoms with E-state index in [2.05, 4.69) is 162 Å². The molecule has 0 unspecified atom stereocenters. The third-order valence-electron chi connectivity index (χ3n) is 10.7. The monoisotopic (exact) mass is 716 g/mol. The lowest BCUT2D eigenvalue weighted by molar-refractivity contribution is 0.669. The molecule has 0 saturated carbocycles. The molecule has 0 aliphatic heterocycles. The maximum atomic E-state index is 6.29. The second kappa shape index (κ2) is 13.0. The van der Waals surface area contributed by atoms with E-state index in [-0.39, 0.29) is 0 Å². The molecule has 56 heavy (non-hydrogen) atoms. The molecular weight excluding hydrogens is 685 g/mol. The molecule has 3 heterocycles. The van der Waals surface area contributed by atoms with Crippen LogP contribution in [0.25, 0.3) is 106 Å². The predicted octanol–water partition coefficient (Wildman–Crippen LogP) is 13.2. The summed E-state index contributed by atoms with van der Waals surface area (Å²) in [7, 11) is 0. The normalized spacial score (nSPS) is 11.6. The second-order valence-electron chi connectivity index (χ2n) is 14.0. The summed E-state index contributed by atoms with van der Waals surface area (Å²) in [5.41, 5.74) is 12.3. The van der Waals surface area contributed by atoms with Gasteiger partial charge in [-0.2, -0.15) is 0 Å². The van der Waals surface area contributed by atoms with Crippen molar-refractivity contribution in [3.63, 3.8) is 0 Å². The van der Waals surface area contributed by atoms with Gasteiger partial charge in [0, 0.05) is 43.9 Å². The van der Waals surface area contributed by atoms with E-state index in [0.29, 0.717) is 17.5 Å². The Morgan fingerprint density at radius 2 is 0.857 bits per heavy atom. The van der Waals surface area contributed by atoms with E-state index < -0.39 is 0 Å². The summed E-state index contributed by atoms with van der Waals surface area (Å²) in [5, 5.41) is 4.38. The third-order valence-corrected chi connectivity index (χ3v) is 10.7. The Kier molecular flexibility index (Phi) is 7.42. The number of hydrogen-bond acceptors (Lipinski definition) is 4. The first kappa shape index (κ1) is 31.9. The van der Waals surface area contributed by atoms with Crippen LogP contribution in [0.4, 0.5) is 0 Å². The first-order chi connectivity index (χ1) is 27.7. The summed E-state index contributed by atoms with van der Waals surface area (Å²) in [6.45, 7) is 0. The first-order valence-corrected chi connectivity index (χ1v) is 18.8. The number of benzene rings is 8. The van der Waals surface area contributed by atoms with E-state index in [4.69, 9.17) is 19.4 Å². The van der Waals surface area contributed by atoms with Crippen molar-refractivity contribution in [1.82, 2.24) is 19.5 Å². The van der Waals surface area contributed by atoms with Crippen molar-refractivity contribution in [2.45, 2.75) is 0 Å². The zero-order valence-corrected chi connectivity index (χ0v) is 30.2. The fraction of sp³-hybridized carbons (Fsp3) is 0. The van der Waals surface area contributed by atoms with Gasteiger partial charge in [0.05, 0.1) is 11.0 Å². The maximum Gasteiger partial charge on any atom is 0.164 e. The highest BCUT2D eigenvalue weighted by Crippen LogP contribution is 2.38. The Balaban J connectivity index is 1.07. The summed E-state index contributed by atoms with van der Waals surface area (Å²) < 4.78 is 8.61. The van der Waals surface area contributed by atoms with Crippen LogP contribution in [-0.4, -0.2) is 19.5 Å². The third kappa shape index (κ3) is 5.37. The van der Waals surface area contributed by atoms with Crippen LogP contribution in [0.5, 0.6) is 0 Å². The summed E-state index contributed by atoms with van der Waals surface area (Å²) in [4.78, 5) is 15.6. The van der Waals surface area contributed by atoms with E-state index >= 15 is 0 Å². The Morgan fingerprint density at radius 3 is 1.59 bits per heavy atom. The molecule has 5 nitrogen and oxygen atoms in total. The highest BCUT2D eigenvalue weighted by Gasteiger charge is 2.19. The number of aromatic nitrogens is 4. The molecule has 3 aromatic heterocycles. The first-order valence-electron chi connectivity index (χ1n) is 18.8. The summed E-state index contributed by atoms with van der Waals surface area (Å²) in [5.74, 6) is 1.79.